The van der Waals surface area contributed by atoms with Gasteiger partial charge in [0.05, 0.1) is 17.0 Å². The molecule has 2 aromatic heterocycles. The molecule has 2 aromatic carbocycles. The van der Waals surface area contributed by atoms with E-state index in [2.05, 4.69) is 25.6 Å². The predicted molar refractivity (Wildman–Crippen MR) is 114 cm³/mol. The SMILES string of the molecule is O=c1[nH]nc2c3c(cc(F)cc13)NCC(c1ccc(F)cc1)C2c1ncnn1CCCO. The van der Waals surface area contributed by atoms with E-state index in [0.717, 1.165) is 5.56 Å². The fourth-order valence-electron chi connectivity index (χ4n) is 4.41. The Hall–Kier alpha value is -3.66. The van der Waals surface area contributed by atoms with E-state index in [-0.39, 0.29) is 23.7 Å². The van der Waals surface area contributed by atoms with Crippen LogP contribution in [-0.2, 0) is 6.54 Å². The van der Waals surface area contributed by atoms with Crippen LogP contribution in [0.25, 0.3) is 10.8 Å². The number of anilines is 1. The summed E-state index contributed by atoms with van der Waals surface area (Å²) in [4.78, 5) is 17.0. The van der Waals surface area contributed by atoms with Crippen LogP contribution in [0.4, 0.5) is 14.5 Å². The van der Waals surface area contributed by atoms with Crippen molar-refractivity contribution in [2.24, 2.45) is 0 Å². The number of aryl methyl sites for hydroxylation is 1. The fraction of sp³-hybridized carbons (Fsp3) is 0.273. The van der Waals surface area contributed by atoms with E-state index in [4.69, 9.17) is 0 Å². The van der Waals surface area contributed by atoms with Crippen molar-refractivity contribution in [3.05, 3.63) is 81.8 Å². The van der Waals surface area contributed by atoms with Crippen LogP contribution in [0.15, 0.2) is 47.5 Å². The second-order valence-corrected chi connectivity index (χ2v) is 7.75. The molecule has 0 aliphatic carbocycles. The summed E-state index contributed by atoms with van der Waals surface area (Å²) in [6, 6.07) is 8.70. The quantitative estimate of drug-likeness (QED) is 0.442. The summed E-state index contributed by atoms with van der Waals surface area (Å²) in [5, 5.41) is 24.4. The smallest absolute Gasteiger partial charge is 0.272 e. The molecule has 10 heteroatoms. The van der Waals surface area contributed by atoms with Crippen LogP contribution in [0, 0.1) is 11.6 Å². The minimum absolute atomic E-state index is 0.00379. The molecule has 2 unspecified atom stereocenters. The largest absolute Gasteiger partial charge is 0.396 e. The molecule has 0 amide bonds. The van der Waals surface area contributed by atoms with Crippen LogP contribution in [0.5, 0.6) is 0 Å². The van der Waals surface area contributed by atoms with Crippen molar-refractivity contribution in [1.82, 2.24) is 25.0 Å². The van der Waals surface area contributed by atoms with Crippen molar-refractivity contribution in [3.63, 3.8) is 0 Å². The van der Waals surface area contributed by atoms with Gasteiger partial charge in [0.2, 0.25) is 0 Å². The van der Waals surface area contributed by atoms with Crippen LogP contribution in [0.2, 0.25) is 0 Å². The molecule has 0 radical (unpaired) electrons. The van der Waals surface area contributed by atoms with Crippen molar-refractivity contribution in [2.45, 2.75) is 24.8 Å². The fourth-order valence-corrected chi connectivity index (χ4v) is 4.41. The summed E-state index contributed by atoms with van der Waals surface area (Å²) >= 11 is 0. The van der Waals surface area contributed by atoms with E-state index >= 15 is 0 Å². The zero-order valence-electron chi connectivity index (χ0n) is 16.9. The van der Waals surface area contributed by atoms with E-state index in [1.807, 2.05) is 0 Å². The summed E-state index contributed by atoms with van der Waals surface area (Å²) in [7, 11) is 0. The monoisotopic (exact) mass is 438 g/mol. The van der Waals surface area contributed by atoms with Gasteiger partial charge < -0.3 is 10.4 Å². The van der Waals surface area contributed by atoms with Crippen LogP contribution in [0.1, 0.15) is 35.3 Å². The lowest BCUT2D eigenvalue weighted by molar-refractivity contribution is 0.275. The van der Waals surface area contributed by atoms with E-state index < -0.39 is 17.3 Å². The molecule has 3 N–H and O–H groups in total. The molecule has 1 aliphatic heterocycles. The Balaban J connectivity index is 1.77. The number of H-pyrrole nitrogens is 1. The Kier molecular flexibility index (Phi) is 5.14. The lowest BCUT2D eigenvalue weighted by atomic mass is 9.82. The molecule has 5 rings (SSSR count). The molecule has 2 atom stereocenters. The number of hydrogen-bond acceptors (Lipinski definition) is 6. The molecule has 164 valence electrons. The van der Waals surface area contributed by atoms with E-state index in [1.54, 1.807) is 16.8 Å². The number of halogens is 2. The molecule has 32 heavy (non-hydrogen) atoms. The van der Waals surface area contributed by atoms with Crippen LogP contribution < -0.4 is 10.9 Å². The van der Waals surface area contributed by atoms with Gasteiger partial charge >= 0.3 is 0 Å². The number of aromatic amines is 1. The van der Waals surface area contributed by atoms with Crippen molar-refractivity contribution in [3.8, 4) is 0 Å². The molecule has 0 bridgehead atoms. The zero-order chi connectivity index (χ0) is 22.2. The number of aliphatic hydroxyl groups is 1. The molecule has 4 aromatic rings. The molecule has 0 spiro atoms. The molecule has 8 nitrogen and oxygen atoms in total. The maximum atomic E-state index is 14.3. The minimum Gasteiger partial charge on any atom is -0.396 e. The summed E-state index contributed by atoms with van der Waals surface area (Å²) < 4.78 is 29.6. The summed E-state index contributed by atoms with van der Waals surface area (Å²) in [6.07, 6.45) is 1.92. The Morgan fingerprint density at radius 2 is 1.97 bits per heavy atom. The van der Waals surface area contributed by atoms with Gasteiger partial charge in [-0.3, -0.25) is 4.79 Å². The molecule has 3 heterocycles. The van der Waals surface area contributed by atoms with E-state index in [9.17, 15) is 18.7 Å². The summed E-state index contributed by atoms with van der Waals surface area (Å²) in [5.74, 6) is -1.05. The standard InChI is InChI=1S/C22H20F2N6O2/c23-13-4-2-12(3-5-13)16-10-25-17-9-14(24)8-15-18(17)20(28-29-22(15)32)19(16)21-26-11-27-30(21)6-1-7-31/h2-5,8-9,11,16,19,25,31H,1,6-7,10H2,(H,29,32). The molecular formula is C22H20F2N6O2. The number of nitrogens with one attached hydrogen (secondary N) is 2. The molecule has 0 saturated carbocycles. The number of benzene rings is 2. The van der Waals surface area contributed by atoms with Gasteiger partial charge in [0.1, 0.15) is 23.8 Å². The van der Waals surface area contributed by atoms with Gasteiger partial charge in [-0.2, -0.15) is 10.2 Å². The Bertz CT molecular complexity index is 1330. The predicted octanol–water partition coefficient (Wildman–Crippen LogP) is 2.52. The third-order valence-electron chi connectivity index (χ3n) is 5.84. The number of aromatic nitrogens is 5. The van der Waals surface area contributed by atoms with Crippen molar-refractivity contribution in [1.29, 1.82) is 0 Å². The molecular weight excluding hydrogens is 418 g/mol. The summed E-state index contributed by atoms with van der Waals surface area (Å²) in [5.41, 5.74) is 1.32. The van der Waals surface area contributed by atoms with Crippen molar-refractivity contribution < 1.29 is 13.9 Å². The Labute approximate surface area is 180 Å². The van der Waals surface area contributed by atoms with Gasteiger partial charge in [0.25, 0.3) is 5.56 Å². The van der Waals surface area contributed by atoms with Crippen LogP contribution in [0.3, 0.4) is 0 Å². The highest BCUT2D eigenvalue weighted by molar-refractivity contribution is 5.96. The minimum atomic E-state index is -0.537. The average Bonchev–Trinajstić information content (AvgIpc) is 3.18. The van der Waals surface area contributed by atoms with Crippen LogP contribution >= 0.6 is 0 Å². The van der Waals surface area contributed by atoms with Crippen molar-refractivity contribution in [2.75, 3.05) is 18.5 Å². The highest BCUT2D eigenvalue weighted by atomic mass is 19.1. The number of hydrogen-bond donors (Lipinski definition) is 3. The number of aliphatic hydroxyl groups excluding tert-OH is 1. The maximum Gasteiger partial charge on any atom is 0.272 e. The second-order valence-electron chi connectivity index (χ2n) is 7.75. The first-order chi connectivity index (χ1) is 15.6. The van der Waals surface area contributed by atoms with E-state index in [1.165, 1.54) is 30.6 Å². The van der Waals surface area contributed by atoms with Gasteiger partial charge in [-0.25, -0.2) is 23.5 Å². The number of rotatable bonds is 5. The third kappa shape index (κ3) is 3.42. The first kappa shape index (κ1) is 20.3. The maximum absolute atomic E-state index is 14.3. The van der Waals surface area contributed by atoms with Crippen LogP contribution in [-0.4, -0.2) is 43.2 Å². The normalized spacial score (nSPS) is 17.8. The first-order valence-corrected chi connectivity index (χ1v) is 10.3. The molecule has 1 aliphatic rings. The average molecular weight is 438 g/mol. The van der Waals surface area contributed by atoms with Gasteiger partial charge in [-0.15, -0.1) is 0 Å². The first-order valence-electron chi connectivity index (χ1n) is 10.3. The lowest BCUT2D eigenvalue weighted by Crippen LogP contribution is -2.24. The van der Waals surface area contributed by atoms with Gasteiger partial charge in [-0.05, 0) is 36.2 Å². The van der Waals surface area contributed by atoms with E-state index in [0.29, 0.717) is 42.1 Å². The summed E-state index contributed by atoms with van der Waals surface area (Å²) in [6.45, 7) is 0.803. The van der Waals surface area contributed by atoms with Gasteiger partial charge in [0.15, 0.2) is 0 Å². The van der Waals surface area contributed by atoms with Crippen molar-refractivity contribution >= 4 is 16.5 Å². The Morgan fingerprint density at radius 1 is 1.16 bits per heavy atom. The highest BCUT2D eigenvalue weighted by Crippen LogP contribution is 2.43. The molecule has 0 fully saturated rings. The zero-order valence-corrected chi connectivity index (χ0v) is 16.9. The van der Waals surface area contributed by atoms with Gasteiger partial charge in [-0.1, -0.05) is 12.1 Å². The number of nitrogens with zero attached hydrogens (tertiary/aromatic N) is 4. The lowest BCUT2D eigenvalue weighted by Gasteiger charge is -2.25. The topological polar surface area (TPSA) is 109 Å². The Morgan fingerprint density at radius 3 is 2.75 bits per heavy atom. The van der Waals surface area contributed by atoms with Gasteiger partial charge in [0, 0.05) is 36.7 Å². The second kappa shape index (κ2) is 8.12. The third-order valence-corrected chi connectivity index (χ3v) is 5.84. The molecule has 0 saturated heterocycles. The highest BCUT2D eigenvalue weighted by Gasteiger charge is 2.36.